The van der Waals surface area contributed by atoms with Crippen molar-refractivity contribution in [3.8, 4) is 11.3 Å². The van der Waals surface area contributed by atoms with Gasteiger partial charge in [-0.15, -0.1) is 0 Å². The molecule has 0 aliphatic carbocycles. The summed E-state index contributed by atoms with van der Waals surface area (Å²) in [5, 5.41) is 1.26. The zero-order valence-corrected chi connectivity index (χ0v) is 15.0. The molecule has 0 unspecified atom stereocenters. The summed E-state index contributed by atoms with van der Waals surface area (Å²) in [6.07, 6.45) is 0. The smallest absolute Gasteiger partial charge is 0.258 e. The van der Waals surface area contributed by atoms with Crippen LogP contribution in [-0.2, 0) is 5.75 Å². The van der Waals surface area contributed by atoms with Gasteiger partial charge in [0.05, 0.1) is 22.3 Å². The van der Waals surface area contributed by atoms with Crippen LogP contribution < -0.4 is 5.56 Å². The van der Waals surface area contributed by atoms with Gasteiger partial charge in [0.25, 0.3) is 5.56 Å². The van der Waals surface area contributed by atoms with E-state index in [1.165, 1.54) is 11.8 Å². The highest BCUT2D eigenvalue weighted by atomic mass is 32.2. The lowest BCUT2D eigenvalue weighted by Gasteiger charge is -2.06. The van der Waals surface area contributed by atoms with Crippen LogP contribution in [0.3, 0.4) is 0 Å². The maximum absolute atomic E-state index is 12.2. The number of aromatic amines is 1. The van der Waals surface area contributed by atoms with Crippen LogP contribution >= 0.6 is 11.8 Å². The topological polar surface area (TPSA) is 71.5 Å². The van der Waals surface area contributed by atoms with Crippen LogP contribution in [0.4, 0.5) is 0 Å². The fraction of sp³-hybridized carbons (Fsp3) is 0.100. The lowest BCUT2D eigenvalue weighted by Crippen LogP contribution is -2.11. The summed E-state index contributed by atoms with van der Waals surface area (Å²) in [7, 11) is 0. The number of aryl methyl sites for hydroxylation is 1. The summed E-state index contributed by atoms with van der Waals surface area (Å²) in [6.45, 7) is 1.95. The van der Waals surface area contributed by atoms with E-state index in [2.05, 4.69) is 19.9 Å². The minimum Gasteiger partial charge on any atom is -0.309 e. The number of H-pyrrole nitrogens is 1. The second kappa shape index (κ2) is 7.09. The number of thioether (sulfide) groups is 1. The number of fused-ring (bicyclic) bond motifs is 1. The fourth-order valence-corrected chi connectivity index (χ4v) is 3.47. The normalized spacial score (nSPS) is 11.0. The molecule has 0 aliphatic rings. The Morgan fingerprint density at radius 2 is 1.73 bits per heavy atom. The zero-order valence-electron chi connectivity index (χ0n) is 14.1. The molecular weight excluding hydrogens is 344 g/mol. The Morgan fingerprint density at radius 1 is 0.962 bits per heavy atom. The Bertz CT molecular complexity index is 1130. The van der Waals surface area contributed by atoms with Gasteiger partial charge in [0.2, 0.25) is 0 Å². The molecule has 2 aromatic carbocycles. The molecule has 1 N–H and O–H groups in total. The molecule has 4 rings (SSSR count). The summed E-state index contributed by atoms with van der Waals surface area (Å²) in [5.74, 6) is 1.11. The van der Waals surface area contributed by atoms with Crippen LogP contribution in [0.25, 0.3) is 22.2 Å². The van der Waals surface area contributed by atoms with Crippen LogP contribution in [0, 0.1) is 6.92 Å². The molecule has 0 bridgehead atoms. The van der Waals surface area contributed by atoms with E-state index in [9.17, 15) is 4.79 Å². The average molecular weight is 360 g/mol. The summed E-state index contributed by atoms with van der Waals surface area (Å²) in [6, 6.07) is 19.3. The van der Waals surface area contributed by atoms with Crippen molar-refractivity contribution < 1.29 is 0 Å². The molecule has 4 aromatic rings. The summed E-state index contributed by atoms with van der Waals surface area (Å²) < 4.78 is 0. The number of rotatable bonds is 4. The van der Waals surface area contributed by atoms with E-state index in [4.69, 9.17) is 0 Å². The van der Waals surface area contributed by atoms with Crippen molar-refractivity contribution in [3.05, 3.63) is 82.5 Å². The maximum atomic E-state index is 12.2. The molecule has 0 fully saturated rings. The van der Waals surface area contributed by atoms with Gasteiger partial charge in [-0.25, -0.2) is 15.0 Å². The van der Waals surface area contributed by atoms with Crippen LogP contribution in [0.1, 0.15) is 11.5 Å². The first-order chi connectivity index (χ1) is 12.7. The lowest BCUT2D eigenvalue weighted by atomic mass is 10.1. The Balaban J connectivity index is 1.60. The molecule has 2 heterocycles. The van der Waals surface area contributed by atoms with Crippen LogP contribution in [0.5, 0.6) is 0 Å². The van der Waals surface area contributed by atoms with E-state index in [-0.39, 0.29) is 5.56 Å². The molecule has 0 aliphatic heterocycles. The van der Waals surface area contributed by atoms with Crippen molar-refractivity contribution >= 4 is 22.7 Å². The number of hydrogen-bond donors (Lipinski definition) is 1. The molecule has 5 nitrogen and oxygen atoms in total. The van der Waals surface area contributed by atoms with Crippen LogP contribution in [0.15, 0.2) is 70.6 Å². The van der Waals surface area contributed by atoms with Crippen LogP contribution in [-0.4, -0.2) is 19.9 Å². The minimum atomic E-state index is -0.124. The van der Waals surface area contributed by atoms with Crippen molar-refractivity contribution in [3.63, 3.8) is 0 Å². The van der Waals surface area contributed by atoms with E-state index >= 15 is 0 Å². The summed E-state index contributed by atoms with van der Waals surface area (Å²) in [4.78, 5) is 28.7. The predicted molar refractivity (Wildman–Crippen MR) is 104 cm³/mol. The first kappa shape index (κ1) is 16.5. The highest BCUT2D eigenvalue weighted by molar-refractivity contribution is 7.98. The third-order valence-electron chi connectivity index (χ3n) is 3.90. The third-order valence-corrected chi connectivity index (χ3v) is 4.76. The largest absolute Gasteiger partial charge is 0.309 e. The number of nitrogens with zero attached hydrogens (tertiary/aromatic N) is 3. The van der Waals surface area contributed by atoms with Crippen molar-refractivity contribution in [2.24, 2.45) is 0 Å². The summed E-state index contributed by atoms with van der Waals surface area (Å²) in [5.41, 5.74) is 3.42. The monoisotopic (exact) mass is 360 g/mol. The number of aromatic nitrogens is 4. The van der Waals surface area contributed by atoms with Crippen molar-refractivity contribution in [2.75, 3.05) is 0 Å². The van der Waals surface area contributed by atoms with E-state index in [1.807, 2.05) is 61.5 Å². The van der Waals surface area contributed by atoms with Crippen molar-refractivity contribution in [1.82, 2.24) is 19.9 Å². The maximum Gasteiger partial charge on any atom is 0.258 e. The van der Waals surface area contributed by atoms with Gasteiger partial charge in [0.1, 0.15) is 5.82 Å². The molecule has 6 heteroatoms. The molecule has 26 heavy (non-hydrogen) atoms. The zero-order chi connectivity index (χ0) is 17.9. The molecule has 0 spiro atoms. The van der Waals surface area contributed by atoms with Gasteiger partial charge in [-0.05, 0) is 25.1 Å². The molecule has 0 atom stereocenters. The van der Waals surface area contributed by atoms with E-state index in [1.54, 1.807) is 6.07 Å². The van der Waals surface area contributed by atoms with E-state index < -0.39 is 0 Å². The SMILES string of the molecule is Cc1cc(-c2ccccc2)nc(SCc2nc3ccccc3c(=O)[nH]2)n1. The van der Waals surface area contributed by atoms with E-state index in [0.717, 1.165) is 17.0 Å². The molecule has 0 amide bonds. The Kier molecular flexibility index (Phi) is 4.50. The molecular formula is C20H16N4OS. The van der Waals surface area contributed by atoms with Gasteiger partial charge in [-0.1, -0.05) is 54.2 Å². The lowest BCUT2D eigenvalue weighted by molar-refractivity contribution is 0.932. The quantitative estimate of drug-likeness (QED) is 0.440. The number of benzene rings is 2. The average Bonchev–Trinajstić information content (AvgIpc) is 2.67. The second-order valence-corrected chi connectivity index (χ2v) is 6.80. The molecule has 0 saturated carbocycles. The van der Waals surface area contributed by atoms with Gasteiger partial charge >= 0.3 is 0 Å². The molecule has 0 radical (unpaired) electrons. The third kappa shape index (κ3) is 3.50. The summed E-state index contributed by atoms with van der Waals surface area (Å²) >= 11 is 1.46. The predicted octanol–water partition coefficient (Wildman–Crippen LogP) is 3.98. The molecule has 0 saturated heterocycles. The van der Waals surface area contributed by atoms with Crippen LogP contribution in [0.2, 0.25) is 0 Å². The Hall–Kier alpha value is -2.99. The van der Waals surface area contributed by atoms with Crippen molar-refractivity contribution in [1.29, 1.82) is 0 Å². The highest BCUT2D eigenvalue weighted by Crippen LogP contribution is 2.23. The molecule has 2 aromatic heterocycles. The first-order valence-corrected chi connectivity index (χ1v) is 9.19. The highest BCUT2D eigenvalue weighted by Gasteiger charge is 2.08. The second-order valence-electron chi connectivity index (χ2n) is 5.86. The Labute approximate surface area is 154 Å². The van der Waals surface area contributed by atoms with Gasteiger partial charge in [0.15, 0.2) is 5.16 Å². The van der Waals surface area contributed by atoms with Gasteiger partial charge < -0.3 is 4.98 Å². The van der Waals surface area contributed by atoms with E-state index in [0.29, 0.717) is 27.6 Å². The Morgan fingerprint density at radius 3 is 2.58 bits per heavy atom. The van der Waals surface area contributed by atoms with Gasteiger partial charge in [-0.3, -0.25) is 4.79 Å². The fourth-order valence-electron chi connectivity index (χ4n) is 2.70. The minimum absolute atomic E-state index is 0.124. The van der Waals surface area contributed by atoms with Gasteiger partial charge in [-0.2, -0.15) is 0 Å². The van der Waals surface area contributed by atoms with Crippen molar-refractivity contribution in [2.45, 2.75) is 17.8 Å². The number of nitrogens with one attached hydrogen (secondary N) is 1. The number of para-hydroxylation sites is 1. The number of hydrogen-bond acceptors (Lipinski definition) is 5. The molecule has 128 valence electrons. The standard InChI is InChI=1S/C20H16N4OS/c1-13-11-17(14-7-3-2-4-8-14)23-20(21-13)26-12-18-22-16-10-6-5-9-15(16)19(25)24-18/h2-11H,12H2,1H3,(H,22,24,25). The first-order valence-electron chi connectivity index (χ1n) is 8.21. The van der Waals surface area contributed by atoms with Gasteiger partial charge in [0, 0.05) is 11.3 Å².